The standard InChI is InChI=1S/C15H27NO4/c1-4-5-10-19-15(18)16-8-6-13(7-9-16)14(17)20-11-12(2)3/h12-13H,4-11H2,1-3H3. The fourth-order valence-electron chi connectivity index (χ4n) is 2.06. The molecule has 5 nitrogen and oxygen atoms in total. The summed E-state index contributed by atoms with van der Waals surface area (Å²) in [5, 5.41) is 0. The van der Waals surface area contributed by atoms with E-state index in [4.69, 9.17) is 9.47 Å². The molecular weight excluding hydrogens is 258 g/mol. The van der Waals surface area contributed by atoms with Crippen LogP contribution in [-0.4, -0.2) is 43.3 Å². The summed E-state index contributed by atoms with van der Waals surface area (Å²) in [6.45, 7) is 8.19. The van der Waals surface area contributed by atoms with Crippen molar-refractivity contribution in [1.82, 2.24) is 4.90 Å². The molecule has 0 aliphatic carbocycles. The summed E-state index contributed by atoms with van der Waals surface area (Å²) in [7, 11) is 0. The predicted octanol–water partition coefficient (Wildman–Crippen LogP) is 2.83. The fraction of sp³-hybridized carbons (Fsp3) is 0.867. The minimum Gasteiger partial charge on any atom is -0.465 e. The molecule has 0 radical (unpaired) electrons. The van der Waals surface area contributed by atoms with Crippen LogP contribution in [0.1, 0.15) is 46.5 Å². The lowest BCUT2D eigenvalue weighted by atomic mass is 9.97. The molecule has 0 unspecified atom stereocenters. The maximum Gasteiger partial charge on any atom is 0.409 e. The Kier molecular flexibility index (Phi) is 7.41. The van der Waals surface area contributed by atoms with Gasteiger partial charge in [-0.25, -0.2) is 4.79 Å². The van der Waals surface area contributed by atoms with Crippen LogP contribution in [0.3, 0.4) is 0 Å². The first kappa shape index (κ1) is 16.8. The van der Waals surface area contributed by atoms with Crippen LogP contribution in [0.25, 0.3) is 0 Å². The van der Waals surface area contributed by atoms with Crippen LogP contribution in [0.15, 0.2) is 0 Å². The van der Waals surface area contributed by atoms with Crippen LogP contribution >= 0.6 is 0 Å². The van der Waals surface area contributed by atoms with Gasteiger partial charge in [-0.2, -0.15) is 0 Å². The molecule has 1 aliphatic heterocycles. The Morgan fingerprint density at radius 2 is 1.85 bits per heavy atom. The van der Waals surface area contributed by atoms with Crippen molar-refractivity contribution in [2.75, 3.05) is 26.3 Å². The van der Waals surface area contributed by atoms with Crippen LogP contribution in [-0.2, 0) is 14.3 Å². The Labute approximate surface area is 121 Å². The highest BCUT2D eigenvalue weighted by Gasteiger charge is 2.29. The van der Waals surface area contributed by atoms with Crippen LogP contribution in [0.4, 0.5) is 4.79 Å². The second-order valence-electron chi connectivity index (χ2n) is 5.75. The number of rotatable bonds is 6. The van der Waals surface area contributed by atoms with Crippen molar-refractivity contribution in [3.8, 4) is 0 Å². The van der Waals surface area contributed by atoms with Gasteiger partial charge in [0.1, 0.15) is 0 Å². The zero-order valence-electron chi connectivity index (χ0n) is 12.9. The molecule has 1 amide bonds. The van der Waals surface area contributed by atoms with E-state index in [0.29, 0.717) is 45.1 Å². The number of piperidine rings is 1. The van der Waals surface area contributed by atoms with Gasteiger partial charge in [0, 0.05) is 13.1 Å². The number of carbonyl (C=O) groups is 2. The van der Waals surface area contributed by atoms with Gasteiger partial charge in [0.15, 0.2) is 0 Å². The van der Waals surface area contributed by atoms with Crippen molar-refractivity contribution >= 4 is 12.1 Å². The third-order valence-corrected chi connectivity index (χ3v) is 3.37. The monoisotopic (exact) mass is 285 g/mol. The smallest absolute Gasteiger partial charge is 0.409 e. The van der Waals surface area contributed by atoms with Crippen molar-refractivity contribution in [3.05, 3.63) is 0 Å². The number of carbonyl (C=O) groups excluding carboxylic acids is 2. The normalized spacial score (nSPS) is 16.3. The Morgan fingerprint density at radius 1 is 1.20 bits per heavy atom. The van der Waals surface area contributed by atoms with Gasteiger partial charge in [-0.3, -0.25) is 4.79 Å². The average Bonchev–Trinajstić information content (AvgIpc) is 2.45. The maximum atomic E-state index is 11.8. The third kappa shape index (κ3) is 5.80. The van der Waals surface area contributed by atoms with Crippen molar-refractivity contribution < 1.29 is 19.1 Å². The van der Waals surface area contributed by atoms with Crippen molar-refractivity contribution in [2.45, 2.75) is 46.5 Å². The van der Waals surface area contributed by atoms with Gasteiger partial charge >= 0.3 is 12.1 Å². The number of unbranched alkanes of at least 4 members (excludes halogenated alkanes) is 1. The van der Waals surface area contributed by atoms with Crippen LogP contribution in [0.2, 0.25) is 0 Å². The minimum atomic E-state index is -0.257. The van der Waals surface area contributed by atoms with Gasteiger partial charge < -0.3 is 14.4 Å². The SMILES string of the molecule is CCCCOC(=O)N1CCC(C(=O)OCC(C)C)CC1. The highest BCUT2D eigenvalue weighted by molar-refractivity contribution is 5.73. The van der Waals surface area contributed by atoms with Gasteiger partial charge in [0.25, 0.3) is 0 Å². The first-order valence-electron chi connectivity index (χ1n) is 7.63. The number of nitrogens with zero attached hydrogens (tertiary/aromatic N) is 1. The van der Waals surface area contributed by atoms with Crippen LogP contribution in [0.5, 0.6) is 0 Å². The quantitative estimate of drug-likeness (QED) is 0.556. The van der Waals surface area contributed by atoms with E-state index in [9.17, 15) is 9.59 Å². The molecule has 0 atom stereocenters. The van der Waals surface area contributed by atoms with E-state index in [1.807, 2.05) is 13.8 Å². The van der Waals surface area contributed by atoms with Crippen molar-refractivity contribution in [2.24, 2.45) is 11.8 Å². The molecule has 20 heavy (non-hydrogen) atoms. The molecular formula is C15H27NO4. The fourth-order valence-corrected chi connectivity index (χ4v) is 2.06. The molecule has 1 aliphatic rings. The van der Waals surface area contributed by atoms with Gasteiger partial charge in [0.05, 0.1) is 19.1 Å². The lowest BCUT2D eigenvalue weighted by Gasteiger charge is -2.30. The zero-order valence-corrected chi connectivity index (χ0v) is 12.9. The van der Waals surface area contributed by atoms with Crippen molar-refractivity contribution in [3.63, 3.8) is 0 Å². The number of hydrogen-bond donors (Lipinski definition) is 0. The van der Waals surface area contributed by atoms with Gasteiger partial charge in [-0.1, -0.05) is 27.2 Å². The summed E-state index contributed by atoms with van der Waals surface area (Å²) in [4.78, 5) is 25.3. The lowest BCUT2D eigenvalue weighted by Crippen LogP contribution is -2.41. The molecule has 0 aromatic heterocycles. The summed E-state index contributed by atoms with van der Waals surface area (Å²) in [6.07, 6.45) is 2.98. The van der Waals surface area contributed by atoms with E-state index in [1.54, 1.807) is 4.90 Å². The van der Waals surface area contributed by atoms with E-state index in [2.05, 4.69) is 6.92 Å². The molecule has 1 rings (SSSR count). The number of esters is 1. The third-order valence-electron chi connectivity index (χ3n) is 3.37. The molecule has 0 aromatic rings. The summed E-state index contributed by atoms with van der Waals surface area (Å²) in [6, 6.07) is 0. The first-order chi connectivity index (χ1) is 9.54. The van der Waals surface area contributed by atoms with Crippen molar-refractivity contribution in [1.29, 1.82) is 0 Å². The lowest BCUT2D eigenvalue weighted by molar-refractivity contribution is -0.151. The molecule has 1 heterocycles. The van der Waals surface area contributed by atoms with E-state index in [0.717, 1.165) is 12.8 Å². The van der Waals surface area contributed by atoms with E-state index < -0.39 is 0 Å². The molecule has 0 bridgehead atoms. The molecule has 0 spiro atoms. The largest absolute Gasteiger partial charge is 0.465 e. The Hall–Kier alpha value is -1.26. The molecule has 1 fully saturated rings. The Bertz CT molecular complexity index is 309. The van der Waals surface area contributed by atoms with E-state index in [1.165, 1.54) is 0 Å². The summed E-state index contributed by atoms with van der Waals surface area (Å²) >= 11 is 0. The van der Waals surface area contributed by atoms with Crippen LogP contribution in [0, 0.1) is 11.8 Å². The Balaban J connectivity index is 2.25. The number of amides is 1. The maximum absolute atomic E-state index is 11.8. The van der Waals surface area contributed by atoms with Gasteiger partial charge in [-0.05, 0) is 25.2 Å². The number of likely N-dealkylation sites (tertiary alicyclic amines) is 1. The minimum absolute atomic E-state index is 0.0755. The summed E-state index contributed by atoms with van der Waals surface area (Å²) < 4.78 is 10.4. The second-order valence-corrected chi connectivity index (χ2v) is 5.75. The molecule has 116 valence electrons. The topological polar surface area (TPSA) is 55.8 Å². The predicted molar refractivity (Wildman–Crippen MR) is 76.4 cm³/mol. The molecule has 1 saturated heterocycles. The van der Waals surface area contributed by atoms with Gasteiger partial charge in [-0.15, -0.1) is 0 Å². The summed E-state index contributed by atoms with van der Waals surface area (Å²) in [5.41, 5.74) is 0. The van der Waals surface area contributed by atoms with Crippen LogP contribution < -0.4 is 0 Å². The highest BCUT2D eigenvalue weighted by atomic mass is 16.6. The van der Waals surface area contributed by atoms with E-state index >= 15 is 0 Å². The zero-order chi connectivity index (χ0) is 15.0. The number of ether oxygens (including phenoxy) is 2. The Morgan fingerprint density at radius 3 is 2.40 bits per heavy atom. The molecule has 5 heteroatoms. The summed E-state index contributed by atoms with van der Waals surface area (Å²) in [5.74, 6) is 0.152. The first-order valence-corrected chi connectivity index (χ1v) is 7.63. The molecule has 0 aromatic carbocycles. The molecule has 0 saturated carbocycles. The average molecular weight is 285 g/mol. The van der Waals surface area contributed by atoms with E-state index in [-0.39, 0.29) is 18.0 Å². The second kappa shape index (κ2) is 8.82. The number of hydrogen-bond acceptors (Lipinski definition) is 4. The highest BCUT2D eigenvalue weighted by Crippen LogP contribution is 2.19. The van der Waals surface area contributed by atoms with Gasteiger partial charge in [0.2, 0.25) is 0 Å². The molecule has 0 N–H and O–H groups in total.